The average molecular weight is 235 g/mol. The summed E-state index contributed by atoms with van der Waals surface area (Å²) in [6.07, 6.45) is 3.07. The van der Waals surface area contributed by atoms with Crippen molar-refractivity contribution in [2.75, 3.05) is 0 Å². The number of nitrogens with zero attached hydrogens (tertiary/aromatic N) is 2. The zero-order chi connectivity index (χ0) is 10.3. The quantitative estimate of drug-likeness (QED) is 0.690. The fourth-order valence-corrected chi connectivity index (χ4v) is 2.83. The molecule has 0 aromatic carbocycles. The lowest BCUT2D eigenvalue weighted by Crippen LogP contribution is -2.19. The van der Waals surface area contributed by atoms with Gasteiger partial charge in [0.05, 0.1) is 11.9 Å². The molecule has 6 heteroatoms. The van der Waals surface area contributed by atoms with Crippen molar-refractivity contribution in [3.8, 4) is 0 Å². The Morgan fingerprint density at radius 2 is 2.36 bits per heavy atom. The Labute approximate surface area is 87.3 Å². The van der Waals surface area contributed by atoms with Gasteiger partial charge in [-0.15, -0.1) is 0 Å². The molecule has 0 spiro atoms. The number of halogens is 1. The third-order valence-electron chi connectivity index (χ3n) is 2.53. The summed E-state index contributed by atoms with van der Waals surface area (Å²) in [7, 11) is 1.66. The van der Waals surface area contributed by atoms with Crippen LogP contribution < -0.4 is 0 Å². The van der Waals surface area contributed by atoms with Crippen molar-refractivity contribution in [1.82, 2.24) is 9.78 Å². The van der Waals surface area contributed by atoms with E-state index < -0.39 is 9.05 Å². The van der Waals surface area contributed by atoms with Crippen LogP contribution in [0.2, 0.25) is 0 Å². The van der Waals surface area contributed by atoms with Crippen LogP contribution >= 0.6 is 10.7 Å². The molecule has 14 heavy (non-hydrogen) atoms. The molecule has 1 aromatic rings. The van der Waals surface area contributed by atoms with Crippen LogP contribution in [0.25, 0.3) is 0 Å². The average Bonchev–Trinajstić information content (AvgIpc) is 2.45. The van der Waals surface area contributed by atoms with Gasteiger partial charge in [0.25, 0.3) is 9.05 Å². The Balaban J connectivity index is 2.49. The molecule has 0 N–H and O–H groups in total. The lowest BCUT2D eigenvalue weighted by molar-refractivity contribution is 0.369. The van der Waals surface area contributed by atoms with E-state index in [9.17, 15) is 8.42 Å². The second-order valence-corrected chi connectivity index (χ2v) is 6.25. The van der Waals surface area contributed by atoms with Crippen LogP contribution in [0.3, 0.4) is 0 Å². The van der Waals surface area contributed by atoms with Gasteiger partial charge in [0.2, 0.25) is 0 Å². The molecule has 0 aliphatic carbocycles. The lowest BCUT2D eigenvalue weighted by atomic mass is 10.0. The first-order valence-electron chi connectivity index (χ1n) is 4.48. The zero-order valence-corrected chi connectivity index (χ0v) is 9.35. The van der Waals surface area contributed by atoms with Gasteiger partial charge in [0.1, 0.15) is 4.90 Å². The van der Waals surface area contributed by atoms with Crippen LogP contribution in [0.15, 0.2) is 11.1 Å². The lowest BCUT2D eigenvalue weighted by Gasteiger charge is -2.20. The molecule has 0 bridgehead atoms. The van der Waals surface area contributed by atoms with E-state index in [1.165, 1.54) is 6.20 Å². The van der Waals surface area contributed by atoms with Crippen LogP contribution in [-0.2, 0) is 22.0 Å². The second kappa shape index (κ2) is 3.24. The Kier molecular flexibility index (Phi) is 2.31. The summed E-state index contributed by atoms with van der Waals surface area (Å²) < 4.78 is 24.1. The van der Waals surface area contributed by atoms with Gasteiger partial charge in [0, 0.05) is 17.2 Å². The smallest absolute Gasteiger partial charge is 0.264 e. The molecule has 4 nitrogen and oxygen atoms in total. The van der Waals surface area contributed by atoms with Gasteiger partial charge in [-0.25, -0.2) is 8.42 Å². The third-order valence-corrected chi connectivity index (χ3v) is 3.90. The Morgan fingerprint density at radius 1 is 1.64 bits per heavy atom. The normalized spacial score (nSPS) is 22.0. The SMILES string of the molecule is CC1CCc2c(S(=O)(=O)Cl)cnn2C1. The number of fused-ring (bicyclic) bond motifs is 1. The maximum absolute atomic E-state index is 11.2. The molecular weight excluding hydrogens is 224 g/mol. The predicted molar refractivity (Wildman–Crippen MR) is 52.8 cm³/mol. The summed E-state index contributed by atoms with van der Waals surface area (Å²) in [5, 5.41) is 4.03. The third kappa shape index (κ3) is 1.66. The molecule has 1 aromatic heterocycles. The molecule has 1 aliphatic rings. The highest BCUT2D eigenvalue weighted by atomic mass is 35.7. The number of rotatable bonds is 1. The summed E-state index contributed by atoms with van der Waals surface area (Å²) in [5.41, 5.74) is 0.748. The molecule has 1 unspecified atom stereocenters. The molecule has 1 atom stereocenters. The predicted octanol–water partition coefficient (Wildman–Crippen LogP) is 1.39. The van der Waals surface area contributed by atoms with E-state index >= 15 is 0 Å². The van der Waals surface area contributed by atoms with Crippen LogP contribution in [-0.4, -0.2) is 18.2 Å². The summed E-state index contributed by atoms with van der Waals surface area (Å²) in [6.45, 7) is 2.90. The Hall–Kier alpha value is -0.550. The van der Waals surface area contributed by atoms with E-state index in [2.05, 4.69) is 12.0 Å². The minimum atomic E-state index is -3.63. The van der Waals surface area contributed by atoms with E-state index in [1.807, 2.05) is 0 Å². The number of aromatic nitrogens is 2. The summed E-state index contributed by atoms with van der Waals surface area (Å²) >= 11 is 0. The standard InChI is InChI=1S/C8H11ClN2O2S/c1-6-2-3-7-8(14(9,12)13)4-10-11(7)5-6/h4,6H,2-3,5H2,1H3. The number of hydrogen-bond donors (Lipinski definition) is 0. The highest BCUT2D eigenvalue weighted by molar-refractivity contribution is 8.13. The Morgan fingerprint density at radius 3 is 3.00 bits per heavy atom. The van der Waals surface area contributed by atoms with Gasteiger partial charge in [-0.05, 0) is 18.8 Å². The van der Waals surface area contributed by atoms with E-state index in [0.29, 0.717) is 5.92 Å². The van der Waals surface area contributed by atoms with Crippen molar-refractivity contribution < 1.29 is 8.42 Å². The van der Waals surface area contributed by atoms with Gasteiger partial charge < -0.3 is 0 Å². The topological polar surface area (TPSA) is 52.0 Å². The van der Waals surface area contributed by atoms with Gasteiger partial charge >= 0.3 is 0 Å². The Bertz CT molecular complexity index is 452. The molecule has 2 rings (SSSR count). The molecule has 0 radical (unpaired) electrons. The van der Waals surface area contributed by atoms with Gasteiger partial charge in [-0.2, -0.15) is 5.10 Å². The maximum Gasteiger partial charge on any atom is 0.264 e. The van der Waals surface area contributed by atoms with Crippen molar-refractivity contribution >= 4 is 19.7 Å². The van der Waals surface area contributed by atoms with Gasteiger partial charge in [0.15, 0.2) is 0 Å². The number of hydrogen-bond acceptors (Lipinski definition) is 3. The minimum Gasteiger partial charge on any atom is -0.268 e. The van der Waals surface area contributed by atoms with Crippen molar-refractivity contribution in [2.24, 2.45) is 5.92 Å². The summed E-state index contributed by atoms with van der Waals surface area (Å²) in [6, 6.07) is 0. The second-order valence-electron chi connectivity index (χ2n) is 3.72. The molecular formula is C8H11ClN2O2S. The molecule has 0 saturated carbocycles. The fourth-order valence-electron chi connectivity index (χ4n) is 1.78. The fraction of sp³-hybridized carbons (Fsp3) is 0.625. The van der Waals surface area contributed by atoms with Crippen LogP contribution in [0.5, 0.6) is 0 Å². The summed E-state index contributed by atoms with van der Waals surface area (Å²) in [4.78, 5) is 0.172. The first-order chi connectivity index (χ1) is 6.48. The van der Waals surface area contributed by atoms with Crippen molar-refractivity contribution in [3.63, 3.8) is 0 Å². The highest BCUT2D eigenvalue weighted by Crippen LogP contribution is 2.26. The molecule has 2 heterocycles. The van der Waals surface area contributed by atoms with E-state index in [0.717, 1.165) is 25.1 Å². The van der Waals surface area contributed by atoms with E-state index in [-0.39, 0.29) is 4.90 Å². The molecule has 0 fully saturated rings. The van der Waals surface area contributed by atoms with E-state index in [1.54, 1.807) is 4.68 Å². The first kappa shape index (κ1) is 9.98. The zero-order valence-electron chi connectivity index (χ0n) is 7.77. The molecule has 1 aliphatic heterocycles. The molecule has 0 amide bonds. The van der Waals surface area contributed by atoms with Crippen molar-refractivity contribution in [1.29, 1.82) is 0 Å². The van der Waals surface area contributed by atoms with Crippen LogP contribution in [0.4, 0.5) is 0 Å². The maximum atomic E-state index is 11.2. The summed E-state index contributed by atoms with van der Waals surface area (Å²) in [5.74, 6) is 0.549. The van der Waals surface area contributed by atoms with Crippen molar-refractivity contribution in [3.05, 3.63) is 11.9 Å². The monoisotopic (exact) mass is 234 g/mol. The molecule has 78 valence electrons. The van der Waals surface area contributed by atoms with Gasteiger partial charge in [-0.1, -0.05) is 6.92 Å². The largest absolute Gasteiger partial charge is 0.268 e. The van der Waals surface area contributed by atoms with Crippen LogP contribution in [0.1, 0.15) is 19.0 Å². The minimum absolute atomic E-state index is 0.172. The van der Waals surface area contributed by atoms with Gasteiger partial charge in [-0.3, -0.25) is 4.68 Å². The molecule has 0 saturated heterocycles. The van der Waals surface area contributed by atoms with Crippen LogP contribution in [0, 0.1) is 5.92 Å². The van der Waals surface area contributed by atoms with Crippen molar-refractivity contribution in [2.45, 2.75) is 31.2 Å². The van der Waals surface area contributed by atoms with E-state index in [4.69, 9.17) is 10.7 Å². The first-order valence-corrected chi connectivity index (χ1v) is 6.79. The highest BCUT2D eigenvalue weighted by Gasteiger charge is 2.24.